The quantitative estimate of drug-likeness (QED) is 0.357. The number of nitrogens with one attached hydrogen (secondary N) is 3. The number of thioether (sulfide) groups is 1. The van der Waals surface area contributed by atoms with Gasteiger partial charge in [0.05, 0.1) is 17.2 Å². The second-order valence-corrected chi connectivity index (χ2v) is 9.75. The molecule has 158 valence electrons. The van der Waals surface area contributed by atoms with Crippen LogP contribution in [0.5, 0.6) is 0 Å². The van der Waals surface area contributed by atoms with E-state index in [1.165, 1.54) is 43.9 Å². The minimum atomic E-state index is 0.0841. The number of anilines is 1. The molecule has 0 aromatic carbocycles. The van der Waals surface area contributed by atoms with Crippen LogP contribution in [0.15, 0.2) is 34.7 Å². The first kappa shape index (κ1) is 19.5. The van der Waals surface area contributed by atoms with E-state index in [0.717, 1.165) is 23.2 Å². The number of hydrogen-bond donors (Lipinski definition) is 3. The van der Waals surface area contributed by atoms with E-state index in [1.54, 1.807) is 6.20 Å². The summed E-state index contributed by atoms with van der Waals surface area (Å²) in [7, 11) is 0. The van der Waals surface area contributed by atoms with Crippen molar-refractivity contribution in [2.45, 2.75) is 50.2 Å². The molecule has 4 aliphatic rings. The molecular weight excluding hydrogens is 398 g/mol. The Hall–Kier alpha value is -2.42. The van der Waals surface area contributed by atoms with Gasteiger partial charge in [0.25, 0.3) is 0 Å². The molecule has 0 radical (unpaired) electrons. The van der Waals surface area contributed by atoms with E-state index in [1.807, 2.05) is 25.1 Å². The zero-order valence-corrected chi connectivity index (χ0v) is 17.9. The van der Waals surface area contributed by atoms with Crippen LogP contribution in [0.1, 0.15) is 44.7 Å². The second kappa shape index (κ2) is 8.37. The fourth-order valence-corrected chi connectivity index (χ4v) is 6.26. The predicted octanol–water partition coefficient (Wildman–Crippen LogP) is 3.07. The highest BCUT2D eigenvalue weighted by molar-refractivity contribution is 7.99. The molecule has 30 heavy (non-hydrogen) atoms. The van der Waals surface area contributed by atoms with Gasteiger partial charge in [0, 0.05) is 12.2 Å². The highest BCUT2D eigenvalue weighted by Gasteiger charge is 2.48. The Morgan fingerprint density at radius 1 is 1.20 bits per heavy atom. The first-order chi connectivity index (χ1) is 14.6. The van der Waals surface area contributed by atoms with Crippen molar-refractivity contribution in [2.24, 2.45) is 28.8 Å². The van der Waals surface area contributed by atoms with E-state index >= 15 is 0 Å². The maximum atomic E-state index is 12.5. The summed E-state index contributed by atoms with van der Waals surface area (Å²) in [5.41, 5.74) is 4.40. The van der Waals surface area contributed by atoms with Crippen molar-refractivity contribution in [1.82, 2.24) is 25.5 Å². The molecule has 4 saturated carbocycles. The van der Waals surface area contributed by atoms with Crippen LogP contribution in [0.2, 0.25) is 0 Å². The lowest BCUT2D eigenvalue weighted by Crippen LogP contribution is -2.56. The Kier molecular flexibility index (Phi) is 5.45. The summed E-state index contributed by atoms with van der Waals surface area (Å²) < 4.78 is 0. The van der Waals surface area contributed by atoms with Crippen LogP contribution in [-0.4, -0.2) is 43.6 Å². The Morgan fingerprint density at radius 2 is 1.97 bits per heavy atom. The lowest BCUT2D eigenvalue weighted by Gasteiger charge is -2.54. The summed E-state index contributed by atoms with van der Waals surface area (Å²) >= 11 is 1.34. The summed E-state index contributed by atoms with van der Waals surface area (Å²) in [5, 5.41) is 15.1. The molecule has 2 aromatic heterocycles. The van der Waals surface area contributed by atoms with Crippen molar-refractivity contribution < 1.29 is 4.79 Å². The molecule has 2 heterocycles. The molecule has 0 unspecified atom stereocenters. The van der Waals surface area contributed by atoms with Gasteiger partial charge in [-0.05, 0) is 74.8 Å². The van der Waals surface area contributed by atoms with Crippen molar-refractivity contribution in [3.63, 3.8) is 0 Å². The largest absolute Gasteiger partial charge is 0.352 e. The molecule has 9 heteroatoms. The number of hydrogen-bond acceptors (Lipinski definition) is 7. The molecule has 0 spiro atoms. The standard InChI is InChI=1S/C21H27N7OS/c1-12(17-4-2-3-5-22-17)25-26-20-24-21(28-27-20)30-11-18(29)23-19-15-7-13-6-14(9-15)10-16(19)8-13/h2-5,13-16,19H,6-11H2,1H3,(H,23,29)(H2,24,26,27,28)/b25-12+. The average molecular weight is 426 g/mol. The topological polar surface area (TPSA) is 108 Å². The molecule has 4 bridgehead atoms. The van der Waals surface area contributed by atoms with Gasteiger partial charge in [-0.1, -0.05) is 17.8 Å². The van der Waals surface area contributed by atoms with Crippen molar-refractivity contribution in [2.75, 3.05) is 11.2 Å². The number of H-pyrrole nitrogens is 1. The maximum absolute atomic E-state index is 12.5. The number of carbonyl (C=O) groups is 1. The Labute approximate surface area is 180 Å². The van der Waals surface area contributed by atoms with E-state index in [2.05, 4.69) is 36.0 Å². The molecule has 4 aliphatic carbocycles. The molecule has 0 aliphatic heterocycles. The number of pyridine rings is 1. The summed E-state index contributed by atoms with van der Waals surface area (Å²) in [6.45, 7) is 1.87. The van der Waals surface area contributed by atoms with Crippen molar-refractivity contribution in [1.29, 1.82) is 0 Å². The Morgan fingerprint density at radius 3 is 2.67 bits per heavy atom. The Bertz CT molecular complexity index is 900. The van der Waals surface area contributed by atoms with E-state index in [9.17, 15) is 4.79 Å². The van der Waals surface area contributed by atoms with Crippen LogP contribution in [0.25, 0.3) is 0 Å². The highest BCUT2D eigenvalue weighted by Crippen LogP contribution is 2.53. The van der Waals surface area contributed by atoms with Gasteiger partial charge < -0.3 is 5.32 Å². The lowest BCUT2D eigenvalue weighted by atomic mass is 9.54. The molecule has 3 N–H and O–H groups in total. The number of carbonyl (C=O) groups excluding carboxylic acids is 1. The number of rotatable bonds is 7. The minimum absolute atomic E-state index is 0.0841. The molecule has 0 saturated heterocycles. The van der Waals surface area contributed by atoms with Gasteiger partial charge in [-0.2, -0.15) is 10.1 Å². The van der Waals surface area contributed by atoms with Gasteiger partial charge in [-0.15, -0.1) is 5.10 Å². The zero-order valence-electron chi connectivity index (χ0n) is 17.0. The van der Waals surface area contributed by atoms with Crippen LogP contribution in [0.3, 0.4) is 0 Å². The number of amides is 1. The van der Waals surface area contributed by atoms with Gasteiger partial charge >= 0.3 is 0 Å². The third-order valence-electron chi connectivity index (χ3n) is 6.72. The minimum Gasteiger partial charge on any atom is -0.352 e. The molecular formula is C21H27N7OS. The fraction of sp³-hybridized carbons (Fsp3) is 0.571. The first-order valence-corrected chi connectivity index (χ1v) is 11.7. The summed E-state index contributed by atoms with van der Waals surface area (Å²) in [6, 6.07) is 6.05. The summed E-state index contributed by atoms with van der Waals surface area (Å²) in [6.07, 6.45) is 8.37. The van der Waals surface area contributed by atoms with E-state index < -0.39 is 0 Å². The number of aromatic amines is 1. The van der Waals surface area contributed by atoms with E-state index in [-0.39, 0.29) is 5.91 Å². The second-order valence-electron chi connectivity index (χ2n) is 8.80. The third-order valence-corrected chi connectivity index (χ3v) is 7.56. The van der Waals surface area contributed by atoms with Crippen LogP contribution >= 0.6 is 11.8 Å². The first-order valence-electron chi connectivity index (χ1n) is 10.7. The van der Waals surface area contributed by atoms with Crippen molar-refractivity contribution in [3.8, 4) is 0 Å². The monoisotopic (exact) mass is 425 g/mol. The number of nitrogens with zero attached hydrogens (tertiary/aromatic N) is 4. The predicted molar refractivity (Wildman–Crippen MR) is 116 cm³/mol. The van der Waals surface area contributed by atoms with Gasteiger partial charge in [-0.25, -0.2) is 10.5 Å². The molecule has 4 fully saturated rings. The van der Waals surface area contributed by atoms with Gasteiger partial charge in [-0.3, -0.25) is 9.78 Å². The lowest BCUT2D eigenvalue weighted by molar-refractivity contribution is -0.122. The molecule has 0 atom stereocenters. The smallest absolute Gasteiger partial charge is 0.240 e. The third kappa shape index (κ3) is 4.21. The Balaban J connectivity index is 1.11. The average Bonchev–Trinajstić information content (AvgIpc) is 3.21. The highest BCUT2D eigenvalue weighted by atomic mass is 32.2. The maximum Gasteiger partial charge on any atom is 0.240 e. The van der Waals surface area contributed by atoms with Gasteiger partial charge in [0.15, 0.2) is 0 Å². The van der Waals surface area contributed by atoms with E-state index in [0.29, 0.717) is 34.7 Å². The molecule has 6 rings (SSSR count). The van der Waals surface area contributed by atoms with Crippen LogP contribution in [0.4, 0.5) is 5.95 Å². The fourth-order valence-electron chi connectivity index (χ4n) is 5.65. The number of hydrazone groups is 1. The van der Waals surface area contributed by atoms with Crippen molar-refractivity contribution in [3.05, 3.63) is 30.1 Å². The van der Waals surface area contributed by atoms with E-state index in [4.69, 9.17) is 0 Å². The normalized spacial score (nSPS) is 29.8. The van der Waals surface area contributed by atoms with Crippen LogP contribution < -0.4 is 10.7 Å². The molecule has 1 amide bonds. The van der Waals surface area contributed by atoms with Crippen LogP contribution in [-0.2, 0) is 4.79 Å². The number of aromatic nitrogens is 4. The van der Waals surface area contributed by atoms with Crippen LogP contribution in [0, 0.1) is 23.7 Å². The summed E-state index contributed by atoms with van der Waals surface area (Å²) in [4.78, 5) is 21.1. The SMILES string of the molecule is C/C(=N\Nc1nc(SCC(=O)NC2C3CC4CC(C3)CC2C4)n[nH]1)c1ccccn1. The van der Waals surface area contributed by atoms with Gasteiger partial charge in [0.2, 0.25) is 17.0 Å². The van der Waals surface area contributed by atoms with Gasteiger partial charge in [0.1, 0.15) is 0 Å². The molecule has 2 aromatic rings. The van der Waals surface area contributed by atoms with Crippen molar-refractivity contribution >= 4 is 29.3 Å². The molecule has 8 nitrogen and oxygen atoms in total. The summed E-state index contributed by atoms with van der Waals surface area (Å²) in [5.74, 6) is 4.06. The zero-order chi connectivity index (χ0) is 20.5.